The highest BCUT2D eigenvalue weighted by atomic mass is 16.2. The van der Waals surface area contributed by atoms with Gasteiger partial charge >= 0.3 is 6.03 Å². The number of hydrogen-bond donors (Lipinski definition) is 4. The van der Waals surface area contributed by atoms with E-state index in [1.54, 1.807) is 0 Å². The van der Waals surface area contributed by atoms with Gasteiger partial charge in [-0.3, -0.25) is 15.3 Å². The molecule has 0 spiro atoms. The molecular weight excluding hydrogens is 404 g/mol. The fourth-order valence-electron chi connectivity index (χ4n) is 3.62. The number of carbonyl (C=O) groups excluding carboxylic acids is 2. The third-order valence-electron chi connectivity index (χ3n) is 5.47. The van der Waals surface area contributed by atoms with Crippen molar-refractivity contribution in [3.8, 4) is 0 Å². The topological polar surface area (TPSA) is 102 Å². The first-order valence-corrected chi connectivity index (χ1v) is 10.7. The summed E-state index contributed by atoms with van der Waals surface area (Å²) in [7, 11) is 0. The Morgan fingerprint density at radius 1 is 1.00 bits per heavy atom. The van der Waals surface area contributed by atoms with Crippen LogP contribution in [0.1, 0.15) is 48.0 Å². The summed E-state index contributed by atoms with van der Waals surface area (Å²) in [4.78, 5) is 25.1. The van der Waals surface area contributed by atoms with Crippen molar-refractivity contribution in [1.29, 1.82) is 0 Å². The van der Waals surface area contributed by atoms with E-state index in [1.807, 2.05) is 59.6 Å². The van der Waals surface area contributed by atoms with Crippen LogP contribution in [0.15, 0.2) is 54.6 Å². The van der Waals surface area contributed by atoms with Gasteiger partial charge in [0.15, 0.2) is 5.82 Å². The van der Waals surface area contributed by atoms with Gasteiger partial charge in [0.1, 0.15) is 0 Å². The van der Waals surface area contributed by atoms with Gasteiger partial charge in [-0.15, -0.1) is 0 Å². The van der Waals surface area contributed by atoms with Crippen molar-refractivity contribution in [2.45, 2.75) is 39.2 Å². The van der Waals surface area contributed by atoms with E-state index in [4.69, 9.17) is 0 Å². The quantitative estimate of drug-likeness (QED) is 0.499. The molecular formula is C24H28N6O2. The van der Waals surface area contributed by atoms with E-state index in [2.05, 4.69) is 47.0 Å². The Hall–Kier alpha value is -3.65. The van der Waals surface area contributed by atoms with Crippen LogP contribution in [0.2, 0.25) is 0 Å². The summed E-state index contributed by atoms with van der Waals surface area (Å²) in [6, 6.07) is 16.6. The summed E-state index contributed by atoms with van der Waals surface area (Å²) in [5.74, 6) is 0.270. The van der Waals surface area contributed by atoms with Crippen LogP contribution in [0.5, 0.6) is 0 Å². The lowest BCUT2D eigenvalue weighted by Crippen LogP contribution is -2.46. The molecule has 0 atom stereocenters. The van der Waals surface area contributed by atoms with Gasteiger partial charge in [-0.2, -0.15) is 5.10 Å². The largest absolute Gasteiger partial charge is 0.333 e. The summed E-state index contributed by atoms with van der Waals surface area (Å²) >= 11 is 0. The van der Waals surface area contributed by atoms with Crippen LogP contribution in [-0.2, 0) is 18.4 Å². The fourth-order valence-corrected chi connectivity index (χ4v) is 3.62. The molecule has 0 unspecified atom stereocenters. The number of nitrogens with one attached hydrogen (secondary N) is 4. The number of nitrogens with zero attached hydrogens (tertiary/aromatic N) is 2. The van der Waals surface area contributed by atoms with Gasteiger partial charge in [-0.25, -0.2) is 9.80 Å². The third kappa shape index (κ3) is 4.97. The van der Waals surface area contributed by atoms with Gasteiger partial charge < -0.3 is 10.6 Å². The first-order valence-electron chi connectivity index (χ1n) is 10.7. The minimum atomic E-state index is -0.312. The minimum Gasteiger partial charge on any atom is -0.307 e. The average Bonchev–Trinajstić information content (AvgIpc) is 3.16. The molecule has 4 rings (SSSR count). The highest BCUT2D eigenvalue weighted by molar-refractivity contribution is 6.04. The lowest BCUT2D eigenvalue weighted by atomic mass is 9.87. The van der Waals surface area contributed by atoms with Crippen LogP contribution in [0.3, 0.4) is 0 Å². The zero-order valence-electron chi connectivity index (χ0n) is 18.5. The molecule has 0 aliphatic carbocycles. The number of carbonyl (C=O) groups is 2. The smallest absolute Gasteiger partial charge is 0.307 e. The van der Waals surface area contributed by atoms with Crippen molar-refractivity contribution in [1.82, 2.24) is 20.6 Å². The molecule has 1 aliphatic rings. The molecule has 1 aliphatic heterocycles. The van der Waals surface area contributed by atoms with Crippen molar-refractivity contribution >= 4 is 23.4 Å². The summed E-state index contributed by atoms with van der Waals surface area (Å²) in [5.41, 5.74) is 7.18. The molecule has 1 aromatic heterocycles. The van der Waals surface area contributed by atoms with Crippen LogP contribution >= 0.6 is 0 Å². The number of fused-ring (bicyclic) bond motifs is 1. The number of amides is 3. The number of aromatic amines is 1. The second-order valence-corrected chi connectivity index (χ2v) is 8.91. The molecule has 0 fully saturated rings. The molecule has 32 heavy (non-hydrogen) atoms. The van der Waals surface area contributed by atoms with Gasteiger partial charge in [-0.1, -0.05) is 51.1 Å². The second-order valence-electron chi connectivity index (χ2n) is 8.91. The van der Waals surface area contributed by atoms with Crippen molar-refractivity contribution in [3.63, 3.8) is 0 Å². The first-order chi connectivity index (χ1) is 15.3. The van der Waals surface area contributed by atoms with E-state index in [0.29, 0.717) is 30.9 Å². The number of para-hydroxylation sites is 1. The Balaban J connectivity index is 1.39. The molecule has 166 valence electrons. The van der Waals surface area contributed by atoms with Crippen LogP contribution in [-0.4, -0.2) is 33.7 Å². The minimum absolute atomic E-state index is 0.0273. The zero-order chi connectivity index (χ0) is 22.7. The van der Waals surface area contributed by atoms with Crippen LogP contribution < -0.4 is 16.1 Å². The molecule has 3 amide bonds. The van der Waals surface area contributed by atoms with Gasteiger partial charge in [-0.05, 0) is 35.2 Å². The van der Waals surface area contributed by atoms with Crippen molar-refractivity contribution in [2.75, 3.05) is 17.2 Å². The molecule has 0 bridgehead atoms. The molecule has 2 heterocycles. The SMILES string of the molecule is CC(C)(C)c1ccc(C(=O)Nc2n[nH]c3c2CN(NC(=O)Nc2ccccc2)CC3)cc1. The number of rotatable bonds is 4. The second kappa shape index (κ2) is 8.84. The van der Waals surface area contributed by atoms with E-state index in [-0.39, 0.29) is 17.4 Å². The van der Waals surface area contributed by atoms with E-state index >= 15 is 0 Å². The number of aromatic nitrogens is 2. The lowest BCUT2D eigenvalue weighted by molar-refractivity contribution is 0.102. The lowest BCUT2D eigenvalue weighted by Gasteiger charge is -2.27. The highest BCUT2D eigenvalue weighted by Gasteiger charge is 2.24. The Bertz CT molecular complexity index is 1100. The Kier molecular flexibility index (Phi) is 5.96. The van der Waals surface area contributed by atoms with Gasteiger partial charge in [0.2, 0.25) is 0 Å². The number of anilines is 2. The first kappa shape index (κ1) is 21.6. The summed E-state index contributed by atoms with van der Waals surface area (Å²) < 4.78 is 0. The van der Waals surface area contributed by atoms with E-state index in [1.165, 1.54) is 5.56 Å². The summed E-state index contributed by atoms with van der Waals surface area (Å²) in [6.07, 6.45) is 0.685. The van der Waals surface area contributed by atoms with Crippen LogP contribution in [0.25, 0.3) is 0 Å². The number of H-pyrrole nitrogens is 1. The molecule has 0 radical (unpaired) electrons. The summed E-state index contributed by atoms with van der Waals surface area (Å²) in [6.45, 7) is 7.49. The van der Waals surface area contributed by atoms with Crippen molar-refractivity contribution in [2.24, 2.45) is 0 Å². The molecule has 0 saturated heterocycles. The van der Waals surface area contributed by atoms with Crippen LogP contribution in [0.4, 0.5) is 16.3 Å². The average molecular weight is 433 g/mol. The van der Waals surface area contributed by atoms with Gasteiger partial charge in [0.25, 0.3) is 5.91 Å². The highest BCUT2D eigenvalue weighted by Crippen LogP contribution is 2.25. The molecule has 3 aromatic rings. The Labute approximate surface area is 187 Å². The fraction of sp³-hybridized carbons (Fsp3) is 0.292. The predicted octanol–water partition coefficient (Wildman–Crippen LogP) is 4.05. The van der Waals surface area contributed by atoms with Gasteiger partial charge in [0.05, 0.1) is 0 Å². The number of hydrazine groups is 1. The molecule has 8 heteroatoms. The van der Waals surface area contributed by atoms with E-state index in [0.717, 1.165) is 16.9 Å². The van der Waals surface area contributed by atoms with E-state index in [9.17, 15) is 9.59 Å². The number of hydrogen-bond acceptors (Lipinski definition) is 4. The Morgan fingerprint density at radius 2 is 1.72 bits per heavy atom. The third-order valence-corrected chi connectivity index (χ3v) is 5.47. The molecule has 0 saturated carbocycles. The maximum Gasteiger partial charge on any atom is 0.333 e. The molecule has 8 nitrogen and oxygen atoms in total. The van der Waals surface area contributed by atoms with Crippen LogP contribution in [0, 0.1) is 0 Å². The van der Waals surface area contributed by atoms with Crippen molar-refractivity contribution in [3.05, 3.63) is 77.0 Å². The van der Waals surface area contributed by atoms with E-state index < -0.39 is 0 Å². The Morgan fingerprint density at radius 3 is 2.41 bits per heavy atom. The zero-order valence-corrected chi connectivity index (χ0v) is 18.5. The maximum atomic E-state index is 12.8. The standard InChI is InChI=1S/C24H28N6O2/c1-24(2,3)17-11-9-16(10-12-17)22(31)26-21-19-15-30(14-13-20(19)27-28-21)29-23(32)25-18-7-5-4-6-8-18/h4-12H,13-15H2,1-3H3,(H2,25,29,32)(H2,26,27,28,31). The normalized spacial score (nSPS) is 13.8. The van der Waals surface area contributed by atoms with Gasteiger partial charge in [0, 0.05) is 42.0 Å². The number of benzene rings is 2. The molecule has 4 N–H and O–H groups in total. The number of urea groups is 1. The summed E-state index contributed by atoms with van der Waals surface area (Å²) in [5, 5.41) is 14.8. The maximum absolute atomic E-state index is 12.8. The molecule has 2 aromatic carbocycles. The monoisotopic (exact) mass is 432 g/mol. The predicted molar refractivity (Wildman–Crippen MR) is 124 cm³/mol. The van der Waals surface area contributed by atoms with Crippen molar-refractivity contribution < 1.29 is 9.59 Å².